The first-order chi connectivity index (χ1) is 9.42. The largest absolute Gasteiger partial charge is 0.397 e. The lowest BCUT2D eigenvalue weighted by Crippen LogP contribution is -2.17. The summed E-state index contributed by atoms with van der Waals surface area (Å²) in [6.45, 7) is 4.31. The Morgan fingerprint density at radius 3 is 2.80 bits per heavy atom. The van der Waals surface area contributed by atoms with Crippen molar-refractivity contribution < 1.29 is 9.18 Å². The smallest absolute Gasteiger partial charge is 0.272 e. The first-order valence-corrected chi connectivity index (χ1v) is 6.94. The van der Waals surface area contributed by atoms with Gasteiger partial charge in [0.1, 0.15) is 11.5 Å². The number of anilines is 2. The summed E-state index contributed by atoms with van der Waals surface area (Å²) < 4.78 is 15.4. The van der Waals surface area contributed by atoms with E-state index in [-0.39, 0.29) is 11.7 Å². The summed E-state index contributed by atoms with van der Waals surface area (Å²) in [4.78, 5) is 12.3. The molecular weight excluding hydrogens is 325 g/mol. The number of nitrogens with one attached hydrogen (secondary N) is 1. The molecule has 0 unspecified atom stereocenters. The van der Waals surface area contributed by atoms with Crippen LogP contribution in [0.25, 0.3) is 0 Å². The number of nitrogens with two attached hydrogens (primary N) is 1. The van der Waals surface area contributed by atoms with Gasteiger partial charge in [-0.3, -0.25) is 4.79 Å². The number of carbonyl (C=O) groups is 1. The second kappa shape index (κ2) is 5.66. The van der Waals surface area contributed by atoms with Crippen LogP contribution in [0, 0.1) is 12.7 Å². The highest BCUT2D eigenvalue weighted by molar-refractivity contribution is 9.10. The zero-order chi connectivity index (χ0) is 14.9. The minimum atomic E-state index is -0.360. The quantitative estimate of drug-likeness (QED) is 0.898. The van der Waals surface area contributed by atoms with Crippen molar-refractivity contribution in [1.29, 1.82) is 0 Å². The molecule has 0 saturated heterocycles. The maximum atomic E-state index is 13.4. The van der Waals surface area contributed by atoms with Crippen molar-refractivity contribution in [3.05, 3.63) is 45.9 Å². The van der Waals surface area contributed by atoms with Crippen LogP contribution in [0.5, 0.6) is 0 Å². The average molecular weight is 340 g/mol. The molecule has 4 nitrogen and oxygen atoms in total. The fourth-order valence-corrected chi connectivity index (χ4v) is 2.30. The molecule has 0 atom stereocenters. The molecule has 0 fully saturated rings. The van der Waals surface area contributed by atoms with Crippen molar-refractivity contribution >= 4 is 33.2 Å². The summed E-state index contributed by atoms with van der Waals surface area (Å²) in [6, 6.07) is 4.53. The van der Waals surface area contributed by atoms with Crippen molar-refractivity contribution in [3.63, 3.8) is 0 Å². The highest BCUT2D eigenvalue weighted by Crippen LogP contribution is 2.25. The topological polar surface area (TPSA) is 60.0 Å². The molecule has 0 bridgehead atoms. The fourth-order valence-electron chi connectivity index (χ4n) is 1.95. The molecule has 0 spiro atoms. The summed E-state index contributed by atoms with van der Waals surface area (Å²) in [5.41, 5.74) is 7.93. The molecule has 106 valence electrons. The van der Waals surface area contributed by atoms with Gasteiger partial charge >= 0.3 is 0 Å². The Morgan fingerprint density at radius 1 is 1.45 bits per heavy atom. The zero-order valence-electron chi connectivity index (χ0n) is 11.2. The molecule has 6 heteroatoms. The number of nitrogens with zero attached hydrogens (tertiary/aromatic N) is 1. The molecule has 1 amide bonds. The Bertz CT molecular complexity index is 667. The van der Waals surface area contributed by atoms with Crippen LogP contribution in [-0.4, -0.2) is 10.5 Å². The third-order valence-electron chi connectivity index (χ3n) is 3.01. The standard InChI is InChI=1S/C14H15BrFN3O/c1-3-19-7-9(17)5-13(19)14(20)18-12-6-10(15)11(16)4-8(12)2/h4-7H,3,17H2,1-2H3,(H,18,20). The summed E-state index contributed by atoms with van der Waals surface area (Å²) >= 11 is 3.11. The normalized spacial score (nSPS) is 10.6. The highest BCUT2D eigenvalue weighted by Gasteiger charge is 2.14. The Kier molecular flexibility index (Phi) is 4.13. The van der Waals surface area contributed by atoms with Gasteiger partial charge in [0.25, 0.3) is 5.91 Å². The van der Waals surface area contributed by atoms with Crippen LogP contribution in [0.2, 0.25) is 0 Å². The number of rotatable bonds is 3. The number of amides is 1. The number of nitrogen functional groups attached to an aromatic ring is 1. The van der Waals surface area contributed by atoms with Gasteiger partial charge in [0.2, 0.25) is 0 Å². The number of halogens is 2. The Hall–Kier alpha value is -1.82. The van der Waals surface area contributed by atoms with E-state index in [0.29, 0.717) is 33.6 Å². The Balaban J connectivity index is 2.30. The number of hydrogen-bond donors (Lipinski definition) is 2. The van der Waals surface area contributed by atoms with E-state index in [0.717, 1.165) is 0 Å². The van der Waals surface area contributed by atoms with Gasteiger partial charge in [0, 0.05) is 18.4 Å². The van der Waals surface area contributed by atoms with Crippen LogP contribution < -0.4 is 11.1 Å². The van der Waals surface area contributed by atoms with Crippen LogP contribution in [-0.2, 0) is 6.54 Å². The maximum Gasteiger partial charge on any atom is 0.272 e. The van der Waals surface area contributed by atoms with E-state index in [1.807, 2.05) is 6.92 Å². The maximum absolute atomic E-state index is 13.4. The van der Waals surface area contributed by atoms with Crippen molar-refractivity contribution in [2.75, 3.05) is 11.1 Å². The molecule has 20 heavy (non-hydrogen) atoms. The molecule has 0 saturated carbocycles. The summed E-state index contributed by atoms with van der Waals surface area (Å²) in [6.07, 6.45) is 1.71. The van der Waals surface area contributed by atoms with E-state index >= 15 is 0 Å². The Labute approximate surface area is 124 Å². The first kappa shape index (κ1) is 14.6. The molecule has 0 radical (unpaired) electrons. The highest BCUT2D eigenvalue weighted by atomic mass is 79.9. The first-order valence-electron chi connectivity index (χ1n) is 6.15. The van der Waals surface area contributed by atoms with Crippen molar-refractivity contribution in [1.82, 2.24) is 4.57 Å². The molecule has 2 rings (SSSR count). The zero-order valence-corrected chi connectivity index (χ0v) is 12.8. The van der Waals surface area contributed by atoms with E-state index in [4.69, 9.17) is 5.73 Å². The molecule has 2 aromatic rings. The molecule has 0 aliphatic heterocycles. The lowest BCUT2D eigenvalue weighted by molar-refractivity contribution is 0.101. The van der Waals surface area contributed by atoms with Crippen LogP contribution in [0.4, 0.5) is 15.8 Å². The van der Waals surface area contributed by atoms with Gasteiger partial charge in [-0.1, -0.05) is 0 Å². The van der Waals surface area contributed by atoms with Gasteiger partial charge in [-0.15, -0.1) is 0 Å². The average Bonchev–Trinajstić information content (AvgIpc) is 2.77. The summed E-state index contributed by atoms with van der Waals surface area (Å²) in [7, 11) is 0. The second-order valence-electron chi connectivity index (χ2n) is 4.48. The van der Waals surface area contributed by atoms with E-state index in [2.05, 4.69) is 21.2 Å². The van der Waals surface area contributed by atoms with Gasteiger partial charge in [-0.05, 0) is 53.5 Å². The molecule has 1 aromatic heterocycles. The van der Waals surface area contributed by atoms with E-state index in [1.54, 1.807) is 29.8 Å². The summed E-state index contributed by atoms with van der Waals surface area (Å²) in [5.74, 6) is -0.633. The minimum absolute atomic E-state index is 0.273. The second-order valence-corrected chi connectivity index (χ2v) is 5.33. The van der Waals surface area contributed by atoms with Crippen LogP contribution in [0.1, 0.15) is 23.0 Å². The number of hydrogen-bond acceptors (Lipinski definition) is 2. The fraction of sp³-hybridized carbons (Fsp3) is 0.214. The lowest BCUT2D eigenvalue weighted by Gasteiger charge is -2.11. The van der Waals surface area contributed by atoms with Gasteiger partial charge in [0.05, 0.1) is 10.2 Å². The van der Waals surface area contributed by atoms with Gasteiger partial charge in [-0.25, -0.2) is 4.39 Å². The molecule has 1 aromatic carbocycles. The van der Waals surface area contributed by atoms with E-state index < -0.39 is 0 Å². The predicted molar refractivity (Wildman–Crippen MR) is 81.3 cm³/mol. The number of carbonyl (C=O) groups excluding carboxylic acids is 1. The van der Waals surface area contributed by atoms with Crippen molar-refractivity contribution in [3.8, 4) is 0 Å². The predicted octanol–water partition coefficient (Wildman–Crippen LogP) is 3.55. The third kappa shape index (κ3) is 2.85. The monoisotopic (exact) mass is 339 g/mol. The molecule has 3 N–H and O–H groups in total. The van der Waals surface area contributed by atoms with Crippen LogP contribution in [0.15, 0.2) is 28.9 Å². The van der Waals surface area contributed by atoms with Crippen molar-refractivity contribution in [2.45, 2.75) is 20.4 Å². The lowest BCUT2D eigenvalue weighted by atomic mass is 10.2. The number of aryl methyl sites for hydroxylation is 2. The van der Waals surface area contributed by atoms with Crippen LogP contribution in [0.3, 0.4) is 0 Å². The number of aromatic nitrogens is 1. The van der Waals surface area contributed by atoms with Gasteiger partial charge in [-0.2, -0.15) is 0 Å². The molecule has 0 aliphatic carbocycles. The van der Waals surface area contributed by atoms with Crippen molar-refractivity contribution in [2.24, 2.45) is 0 Å². The SMILES string of the molecule is CCn1cc(N)cc1C(=O)Nc1cc(Br)c(F)cc1C. The molecule has 1 heterocycles. The molecule has 0 aliphatic rings. The molecular formula is C14H15BrFN3O. The van der Waals surface area contributed by atoms with E-state index in [9.17, 15) is 9.18 Å². The van der Waals surface area contributed by atoms with Gasteiger partial charge < -0.3 is 15.6 Å². The third-order valence-corrected chi connectivity index (χ3v) is 3.61. The number of benzene rings is 1. The Morgan fingerprint density at radius 2 is 2.15 bits per heavy atom. The minimum Gasteiger partial charge on any atom is -0.397 e. The summed E-state index contributed by atoms with van der Waals surface area (Å²) in [5, 5.41) is 2.77. The van der Waals surface area contributed by atoms with E-state index in [1.165, 1.54) is 6.07 Å². The van der Waals surface area contributed by atoms with Gasteiger partial charge in [0.15, 0.2) is 0 Å². The van der Waals surface area contributed by atoms with Crippen LogP contribution >= 0.6 is 15.9 Å².